The van der Waals surface area contributed by atoms with E-state index in [2.05, 4.69) is 10.3 Å². The lowest BCUT2D eigenvalue weighted by Crippen LogP contribution is -2.14. The first kappa shape index (κ1) is 17.0. The lowest BCUT2D eigenvalue weighted by atomic mass is 10.1. The first-order chi connectivity index (χ1) is 11.5. The number of hydrogen-bond donors (Lipinski definition) is 1. The van der Waals surface area contributed by atoms with Crippen LogP contribution < -0.4 is 10.1 Å². The SMILES string of the molecule is COc1ccc(CC(=O)Nc2nc3c(Cl)c(Cl)ccc3s2)cc1C. The van der Waals surface area contributed by atoms with Gasteiger partial charge in [0, 0.05) is 0 Å². The number of ether oxygens (including phenoxy) is 1. The van der Waals surface area contributed by atoms with E-state index < -0.39 is 0 Å². The quantitative estimate of drug-likeness (QED) is 0.684. The zero-order valence-corrected chi connectivity index (χ0v) is 15.4. The molecule has 0 saturated carbocycles. The summed E-state index contributed by atoms with van der Waals surface area (Å²) in [6.45, 7) is 1.94. The number of carbonyl (C=O) groups excluding carboxylic acids is 1. The Balaban J connectivity index is 1.75. The van der Waals surface area contributed by atoms with Crippen molar-refractivity contribution in [2.45, 2.75) is 13.3 Å². The molecular weight excluding hydrogens is 367 g/mol. The molecule has 0 aliphatic rings. The van der Waals surface area contributed by atoms with Crippen molar-refractivity contribution in [2.24, 2.45) is 0 Å². The predicted octanol–water partition coefficient (Wildman–Crippen LogP) is 5.10. The van der Waals surface area contributed by atoms with Crippen molar-refractivity contribution in [2.75, 3.05) is 12.4 Å². The Morgan fingerprint density at radius 3 is 2.79 bits per heavy atom. The van der Waals surface area contributed by atoms with Gasteiger partial charge in [0.2, 0.25) is 5.91 Å². The van der Waals surface area contributed by atoms with Gasteiger partial charge in [-0.1, -0.05) is 46.7 Å². The van der Waals surface area contributed by atoms with Gasteiger partial charge in [-0.05, 0) is 36.2 Å². The summed E-state index contributed by atoms with van der Waals surface area (Å²) in [5.74, 6) is 0.665. The highest BCUT2D eigenvalue weighted by Gasteiger charge is 2.13. The fraction of sp³-hybridized carbons (Fsp3) is 0.176. The maximum absolute atomic E-state index is 12.2. The van der Waals surface area contributed by atoms with Crippen LogP contribution in [0.3, 0.4) is 0 Å². The number of nitrogens with zero attached hydrogens (tertiary/aromatic N) is 1. The van der Waals surface area contributed by atoms with Crippen LogP contribution in [-0.2, 0) is 11.2 Å². The van der Waals surface area contributed by atoms with E-state index in [0.717, 1.165) is 21.6 Å². The maximum Gasteiger partial charge on any atom is 0.230 e. The smallest absolute Gasteiger partial charge is 0.230 e. The number of nitrogens with one attached hydrogen (secondary N) is 1. The number of fused-ring (bicyclic) bond motifs is 1. The zero-order valence-electron chi connectivity index (χ0n) is 13.0. The van der Waals surface area contributed by atoms with Gasteiger partial charge in [-0.25, -0.2) is 4.98 Å². The van der Waals surface area contributed by atoms with Crippen molar-refractivity contribution in [3.8, 4) is 5.75 Å². The van der Waals surface area contributed by atoms with Crippen LogP contribution in [0.4, 0.5) is 5.13 Å². The summed E-state index contributed by atoms with van der Waals surface area (Å²) < 4.78 is 6.10. The Kier molecular flexibility index (Phi) is 4.94. The molecule has 0 unspecified atom stereocenters. The Hall–Kier alpha value is -1.82. The minimum atomic E-state index is -0.138. The summed E-state index contributed by atoms with van der Waals surface area (Å²) in [5.41, 5.74) is 2.50. The molecule has 0 aliphatic heterocycles. The average molecular weight is 381 g/mol. The van der Waals surface area contributed by atoms with Gasteiger partial charge in [0.1, 0.15) is 11.3 Å². The molecule has 1 N–H and O–H groups in total. The molecular formula is C17H14Cl2N2O2S. The predicted molar refractivity (Wildman–Crippen MR) is 99.7 cm³/mol. The minimum absolute atomic E-state index is 0.138. The number of thiazole rings is 1. The average Bonchev–Trinajstić information content (AvgIpc) is 2.94. The number of benzene rings is 2. The molecule has 1 aromatic heterocycles. The first-order valence-corrected chi connectivity index (χ1v) is 8.73. The number of aromatic nitrogens is 1. The third kappa shape index (κ3) is 3.48. The highest BCUT2D eigenvalue weighted by Crippen LogP contribution is 2.35. The monoisotopic (exact) mass is 380 g/mol. The third-order valence-corrected chi connectivity index (χ3v) is 5.25. The van der Waals surface area contributed by atoms with Crippen LogP contribution in [0.1, 0.15) is 11.1 Å². The molecule has 0 fully saturated rings. The fourth-order valence-electron chi connectivity index (χ4n) is 2.39. The Morgan fingerprint density at radius 1 is 1.29 bits per heavy atom. The summed E-state index contributed by atoms with van der Waals surface area (Å²) in [5, 5.41) is 4.16. The van der Waals surface area contributed by atoms with Crippen LogP contribution >= 0.6 is 34.5 Å². The molecule has 124 valence electrons. The van der Waals surface area contributed by atoms with Gasteiger partial charge in [-0.15, -0.1) is 0 Å². The van der Waals surface area contributed by atoms with Gasteiger partial charge >= 0.3 is 0 Å². The van der Waals surface area contributed by atoms with Crippen molar-refractivity contribution in [1.29, 1.82) is 0 Å². The minimum Gasteiger partial charge on any atom is -0.496 e. The molecule has 7 heteroatoms. The van der Waals surface area contributed by atoms with Crippen LogP contribution in [0.25, 0.3) is 10.2 Å². The molecule has 0 bridgehead atoms. The van der Waals surface area contributed by atoms with E-state index in [4.69, 9.17) is 27.9 Å². The van der Waals surface area contributed by atoms with E-state index in [-0.39, 0.29) is 12.3 Å². The van der Waals surface area contributed by atoms with Crippen molar-refractivity contribution in [3.63, 3.8) is 0 Å². The largest absolute Gasteiger partial charge is 0.496 e. The Labute approximate surface area is 153 Å². The molecule has 0 radical (unpaired) electrons. The molecule has 4 nitrogen and oxygen atoms in total. The summed E-state index contributed by atoms with van der Waals surface area (Å²) in [7, 11) is 1.62. The second kappa shape index (κ2) is 6.97. The van der Waals surface area contributed by atoms with Gasteiger partial charge in [-0.2, -0.15) is 0 Å². The summed E-state index contributed by atoms with van der Waals surface area (Å²) >= 11 is 13.5. The van der Waals surface area contributed by atoms with Crippen molar-refractivity contribution >= 4 is 55.8 Å². The van der Waals surface area contributed by atoms with E-state index >= 15 is 0 Å². The fourth-order valence-corrected chi connectivity index (χ4v) is 3.70. The topological polar surface area (TPSA) is 51.2 Å². The van der Waals surface area contributed by atoms with E-state index in [9.17, 15) is 4.79 Å². The lowest BCUT2D eigenvalue weighted by molar-refractivity contribution is -0.115. The molecule has 1 heterocycles. The third-order valence-electron chi connectivity index (χ3n) is 3.52. The van der Waals surface area contributed by atoms with Crippen molar-refractivity contribution in [1.82, 2.24) is 4.98 Å². The molecule has 3 rings (SSSR count). The molecule has 0 saturated heterocycles. The van der Waals surface area contributed by atoms with Crippen LogP contribution in [-0.4, -0.2) is 18.0 Å². The Bertz CT molecular complexity index is 924. The highest BCUT2D eigenvalue weighted by molar-refractivity contribution is 7.22. The number of aryl methyl sites for hydroxylation is 1. The van der Waals surface area contributed by atoms with Crippen LogP contribution in [0, 0.1) is 6.92 Å². The maximum atomic E-state index is 12.2. The number of methoxy groups -OCH3 is 1. The van der Waals surface area contributed by atoms with Crippen LogP contribution in [0.15, 0.2) is 30.3 Å². The molecule has 24 heavy (non-hydrogen) atoms. The van der Waals surface area contributed by atoms with Gasteiger partial charge < -0.3 is 10.1 Å². The second-order valence-corrected chi connectivity index (χ2v) is 7.07. The second-order valence-electron chi connectivity index (χ2n) is 5.26. The van der Waals surface area contributed by atoms with E-state index in [1.165, 1.54) is 11.3 Å². The number of amides is 1. The lowest BCUT2D eigenvalue weighted by Gasteiger charge is -2.07. The van der Waals surface area contributed by atoms with E-state index in [0.29, 0.717) is 20.7 Å². The number of rotatable bonds is 4. The first-order valence-electron chi connectivity index (χ1n) is 7.16. The van der Waals surface area contributed by atoms with Gasteiger partial charge in [-0.3, -0.25) is 4.79 Å². The van der Waals surface area contributed by atoms with Crippen LogP contribution in [0.5, 0.6) is 5.75 Å². The zero-order chi connectivity index (χ0) is 17.3. The molecule has 3 aromatic rings. The van der Waals surface area contributed by atoms with Gasteiger partial charge in [0.25, 0.3) is 0 Å². The van der Waals surface area contributed by atoms with E-state index in [1.807, 2.05) is 31.2 Å². The molecule has 1 amide bonds. The Morgan fingerprint density at radius 2 is 2.08 bits per heavy atom. The molecule has 0 atom stereocenters. The number of halogens is 2. The normalized spacial score (nSPS) is 10.8. The van der Waals surface area contributed by atoms with Crippen molar-refractivity contribution in [3.05, 3.63) is 51.5 Å². The van der Waals surface area contributed by atoms with Crippen LogP contribution in [0.2, 0.25) is 10.0 Å². The van der Waals surface area contributed by atoms with Gasteiger partial charge in [0.15, 0.2) is 5.13 Å². The number of anilines is 1. The van der Waals surface area contributed by atoms with Gasteiger partial charge in [0.05, 0.1) is 28.3 Å². The molecule has 0 aliphatic carbocycles. The van der Waals surface area contributed by atoms with E-state index in [1.54, 1.807) is 13.2 Å². The van der Waals surface area contributed by atoms with Crippen molar-refractivity contribution < 1.29 is 9.53 Å². The number of hydrogen-bond acceptors (Lipinski definition) is 4. The summed E-state index contributed by atoms with van der Waals surface area (Å²) in [4.78, 5) is 16.6. The summed E-state index contributed by atoms with van der Waals surface area (Å²) in [6.07, 6.45) is 0.259. The molecule has 2 aromatic carbocycles. The number of carbonyl (C=O) groups is 1. The standard InChI is InChI=1S/C17H14Cl2N2O2S/c1-9-7-10(3-5-12(9)23-2)8-14(22)20-17-21-16-13(24-17)6-4-11(18)15(16)19/h3-7H,8H2,1-2H3,(H,20,21,22). The summed E-state index contributed by atoms with van der Waals surface area (Å²) in [6, 6.07) is 9.23. The highest BCUT2D eigenvalue weighted by atomic mass is 35.5. The molecule has 0 spiro atoms.